The summed E-state index contributed by atoms with van der Waals surface area (Å²) >= 11 is 0. The molecule has 5 rings (SSSR count). The van der Waals surface area contributed by atoms with E-state index in [1.165, 1.54) is 19.1 Å². The molecule has 1 aromatic heterocycles. The molecule has 6 nitrogen and oxygen atoms in total. The van der Waals surface area contributed by atoms with Crippen molar-refractivity contribution < 1.29 is 14.0 Å². The number of amides is 1. The van der Waals surface area contributed by atoms with Gasteiger partial charge in [0, 0.05) is 50.7 Å². The molecule has 1 aliphatic heterocycles. The summed E-state index contributed by atoms with van der Waals surface area (Å²) in [5.41, 5.74) is 2.65. The number of rotatable bonds is 5. The minimum atomic E-state index is -0.493. The highest BCUT2D eigenvalue weighted by Crippen LogP contribution is 2.38. The molecule has 1 amide bonds. The molecule has 0 unspecified atom stereocenters. The van der Waals surface area contributed by atoms with Gasteiger partial charge < -0.3 is 14.4 Å². The Morgan fingerprint density at radius 1 is 1.03 bits per heavy atom. The SMILES string of the molecule is CC(=O)N1CCN(c2cc3c(cc2F)c(=O)c(C(=O)/C=C/c2ccc(C)cc2)cn3C2CC2)CC1. The summed E-state index contributed by atoms with van der Waals surface area (Å²) in [5.74, 6) is -0.871. The first-order valence-corrected chi connectivity index (χ1v) is 12.0. The second-order valence-corrected chi connectivity index (χ2v) is 9.43. The van der Waals surface area contributed by atoms with E-state index in [2.05, 4.69) is 0 Å². The van der Waals surface area contributed by atoms with Gasteiger partial charge in [-0.1, -0.05) is 35.9 Å². The van der Waals surface area contributed by atoms with Crippen LogP contribution in [0, 0.1) is 12.7 Å². The van der Waals surface area contributed by atoms with Crippen molar-refractivity contribution in [2.45, 2.75) is 32.7 Å². The van der Waals surface area contributed by atoms with Crippen LogP contribution in [-0.2, 0) is 4.79 Å². The van der Waals surface area contributed by atoms with Crippen molar-refractivity contribution in [1.29, 1.82) is 0 Å². The molecule has 2 heterocycles. The number of fused-ring (bicyclic) bond motifs is 1. The third kappa shape index (κ3) is 4.63. The lowest BCUT2D eigenvalue weighted by Gasteiger charge is -2.36. The molecule has 0 N–H and O–H groups in total. The Kier molecular flexibility index (Phi) is 6.01. The Morgan fingerprint density at radius 2 is 1.71 bits per heavy atom. The average molecular weight is 474 g/mol. The zero-order chi connectivity index (χ0) is 24.7. The molecular formula is C28H28FN3O3. The number of carbonyl (C=O) groups is 2. The van der Waals surface area contributed by atoms with Crippen molar-refractivity contribution in [2.75, 3.05) is 31.1 Å². The molecule has 2 aliphatic rings. The number of carbonyl (C=O) groups excluding carboxylic acids is 2. The van der Waals surface area contributed by atoms with Gasteiger partial charge in [-0.2, -0.15) is 0 Å². The predicted molar refractivity (Wildman–Crippen MR) is 135 cm³/mol. The summed E-state index contributed by atoms with van der Waals surface area (Å²) in [6, 6.07) is 10.9. The maximum Gasteiger partial charge on any atom is 0.219 e. The largest absolute Gasteiger partial charge is 0.366 e. The molecule has 1 saturated heterocycles. The lowest BCUT2D eigenvalue weighted by atomic mass is 10.0. The number of hydrogen-bond acceptors (Lipinski definition) is 4. The number of ketones is 1. The fourth-order valence-electron chi connectivity index (χ4n) is 4.63. The Balaban J connectivity index is 1.51. The molecule has 180 valence electrons. The van der Waals surface area contributed by atoms with Crippen LogP contribution in [0.15, 0.2) is 53.5 Å². The molecule has 2 fully saturated rings. The van der Waals surface area contributed by atoms with E-state index in [0.29, 0.717) is 37.4 Å². The van der Waals surface area contributed by atoms with Gasteiger partial charge in [-0.3, -0.25) is 14.4 Å². The minimum absolute atomic E-state index is 0.0137. The number of piperazine rings is 1. The van der Waals surface area contributed by atoms with E-state index < -0.39 is 17.0 Å². The molecule has 1 saturated carbocycles. The van der Waals surface area contributed by atoms with E-state index in [1.54, 1.807) is 23.2 Å². The van der Waals surface area contributed by atoms with Gasteiger partial charge in [-0.15, -0.1) is 0 Å². The molecule has 0 radical (unpaired) electrons. The van der Waals surface area contributed by atoms with Gasteiger partial charge in [0.05, 0.1) is 16.8 Å². The first-order valence-electron chi connectivity index (χ1n) is 12.0. The molecule has 3 aromatic rings. The van der Waals surface area contributed by atoms with Crippen molar-refractivity contribution >= 4 is 34.4 Å². The molecule has 1 aliphatic carbocycles. The van der Waals surface area contributed by atoms with Crippen molar-refractivity contribution in [3.63, 3.8) is 0 Å². The number of pyridine rings is 1. The molecule has 0 bridgehead atoms. The van der Waals surface area contributed by atoms with E-state index >= 15 is 4.39 Å². The van der Waals surface area contributed by atoms with E-state index in [0.717, 1.165) is 24.0 Å². The molecule has 2 aromatic carbocycles. The number of nitrogens with zero attached hydrogens (tertiary/aromatic N) is 3. The zero-order valence-electron chi connectivity index (χ0n) is 20.0. The van der Waals surface area contributed by atoms with Crippen LogP contribution in [0.4, 0.5) is 10.1 Å². The van der Waals surface area contributed by atoms with Gasteiger partial charge in [-0.05, 0) is 43.5 Å². The Hall–Kier alpha value is -3.74. The van der Waals surface area contributed by atoms with E-state index in [1.807, 2.05) is 40.7 Å². The van der Waals surface area contributed by atoms with Crippen molar-refractivity contribution in [1.82, 2.24) is 9.47 Å². The Morgan fingerprint density at radius 3 is 2.34 bits per heavy atom. The standard InChI is InChI=1S/C28H28FN3O3/c1-18-3-5-20(6-4-18)7-10-27(34)23-17-32(21-8-9-21)25-16-26(24(29)15-22(25)28(23)35)31-13-11-30(12-14-31)19(2)33/h3-7,10,15-17,21H,8-9,11-14H2,1-2H3/b10-7+. The fourth-order valence-corrected chi connectivity index (χ4v) is 4.63. The first kappa shape index (κ1) is 23.0. The quantitative estimate of drug-likeness (QED) is 0.408. The highest BCUT2D eigenvalue weighted by molar-refractivity contribution is 6.08. The summed E-state index contributed by atoms with van der Waals surface area (Å²) < 4.78 is 17.2. The maximum atomic E-state index is 15.3. The number of hydrogen-bond donors (Lipinski definition) is 0. The summed E-state index contributed by atoms with van der Waals surface area (Å²) in [5, 5.41) is 0.218. The first-order chi connectivity index (χ1) is 16.8. The van der Waals surface area contributed by atoms with Crippen LogP contribution < -0.4 is 10.3 Å². The Bertz CT molecular complexity index is 1400. The number of benzene rings is 2. The third-order valence-corrected chi connectivity index (χ3v) is 6.88. The minimum Gasteiger partial charge on any atom is -0.366 e. The number of aryl methyl sites for hydroxylation is 1. The fraction of sp³-hybridized carbons (Fsp3) is 0.321. The molecule has 7 heteroatoms. The van der Waals surface area contributed by atoms with Gasteiger partial charge in [0.25, 0.3) is 0 Å². The second kappa shape index (κ2) is 9.13. The highest BCUT2D eigenvalue weighted by atomic mass is 19.1. The molecule has 35 heavy (non-hydrogen) atoms. The van der Waals surface area contributed by atoms with E-state index in [-0.39, 0.29) is 22.9 Å². The van der Waals surface area contributed by atoms with Gasteiger partial charge in [0.2, 0.25) is 11.3 Å². The van der Waals surface area contributed by atoms with Crippen LogP contribution in [0.25, 0.3) is 17.0 Å². The summed E-state index contributed by atoms with van der Waals surface area (Å²) in [6.07, 6.45) is 6.64. The van der Waals surface area contributed by atoms with Crippen molar-refractivity contribution in [3.8, 4) is 0 Å². The predicted octanol–water partition coefficient (Wildman–Crippen LogP) is 4.35. The number of aromatic nitrogens is 1. The second-order valence-electron chi connectivity index (χ2n) is 9.43. The van der Waals surface area contributed by atoms with Gasteiger partial charge >= 0.3 is 0 Å². The van der Waals surface area contributed by atoms with E-state index in [4.69, 9.17) is 0 Å². The molecular weight excluding hydrogens is 445 g/mol. The number of anilines is 1. The van der Waals surface area contributed by atoms with Crippen LogP contribution in [0.1, 0.15) is 47.3 Å². The van der Waals surface area contributed by atoms with E-state index in [9.17, 15) is 14.4 Å². The average Bonchev–Trinajstić information content (AvgIpc) is 3.69. The van der Waals surface area contributed by atoms with Crippen LogP contribution in [-0.4, -0.2) is 47.3 Å². The molecule has 0 atom stereocenters. The van der Waals surface area contributed by atoms with Gasteiger partial charge in [-0.25, -0.2) is 4.39 Å². The maximum absolute atomic E-state index is 15.3. The lowest BCUT2D eigenvalue weighted by Crippen LogP contribution is -2.48. The van der Waals surface area contributed by atoms with Crippen LogP contribution >= 0.6 is 0 Å². The third-order valence-electron chi connectivity index (χ3n) is 6.88. The van der Waals surface area contributed by atoms with Crippen molar-refractivity contribution in [3.05, 3.63) is 81.4 Å². The summed E-state index contributed by atoms with van der Waals surface area (Å²) in [7, 11) is 0. The summed E-state index contributed by atoms with van der Waals surface area (Å²) in [4.78, 5) is 41.6. The number of allylic oxidation sites excluding steroid dienone is 1. The van der Waals surface area contributed by atoms with Gasteiger partial charge in [0.15, 0.2) is 5.78 Å². The normalized spacial score (nSPS) is 16.3. The zero-order valence-corrected chi connectivity index (χ0v) is 20.0. The van der Waals surface area contributed by atoms with Crippen molar-refractivity contribution in [2.24, 2.45) is 0 Å². The molecule has 0 spiro atoms. The topological polar surface area (TPSA) is 62.6 Å². The highest BCUT2D eigenvalue weighted by Gasteiger charge is 2.28. The smallest absolute Gasteiger partial charge is 0.219 e. The number of halogens is 1. The summed E-state index contributed by atoms with van der Waals surface area (Å²) in [6.45, 7) is 5.64. The Labute approximate surface area is 203 Å². The lowest BCUT2D eigenvalue weighted by molar-refractivity contribution is -0.129. The van der Waals surface area contributed by atoms with Crippen LogP contribution in [0.2, 0.25) is 0 Å². The monoisotopic (exact) mass is 473 g/mol. The van der Waals surface area contributed by atoms with Crippen LogP contribution in [0.5, 0.6) is 0 Å². The van der Waals surface area contributed by atoms with Gasteiger partial charge in [0.1, 0.15) is 5.82 Å². The van der Waals surface area contributed by atoms with Crippen LogP contribution in [0.3, 0.4) is 0 Å².